The van der Waals surface area contributed by atoms with E-state index in [0.717, 1.165) is 18.2 Å². The Hall–Kier alpha value is -3.56. The summed E-state index contributed by atoms with van der Waals surface area (Å²) in [6.07, 6.45) is -5.85. The number of hydrogen-bond donors (Lipinski definition) is 2. The summed E-state index contributed by atoms with van der Waals surface area (Å²) < 4.78 is 48.5. The van der Waals surface area contributed by atoms with Crippen molar-refractivity contribution in [2.45, 2.75) is 26.1 Å². The molecular formula is C21H21F3N2O5. The number of halogens is 3. The third kappa shape index (κ3) is 7.02. The highest BCUT2D eigenvalue weighted by Gasteiger charge is 2.30. The van der Waals surface area contributed by atoms with E-state index in [1.807, 2.05) is 0 Å². The fourth-order valence-corrected chi connectivity index (χ4v) is 2.49. The predicted octanol–water partition coefficient (Wildman–Crippen LogP) is 3.40. The van der Waals surface area contributed by atoms with Crippen LogP contribution >= 0.6 is 0 Å². The fraction of sp³-hybridized carbons (Fsp3) is 0.286. The van der Waals surface area contributed by atoms with Gasteiger partial charge in [-0.3, -0.25) is 14.4 Å². The number of esters is 1. The molecule has 31 heavy (non-hydrogen) atoms. The maximum Gasteiger partial charge on any atom is 0.416 e. The third-order valence-electron chi connectivity index (χ3n) is 3.96. The van der Waals surface area contributed by atoms with Crippen LogP contribution in [0.15, 0.2) is 48.5 Å². The van der Waals surface area contributed by atoms with Gasteiger partial charge in [0.15, 0.2) is 6.10 Å². The third-order valence-corrected chi connectivity index (χ3v) is 3.96. The number of benzene rings is 2. The van der Waals surface area contributed by atoms with Crippen LogP contribution in [0.3, 0.4) is 0 Å². The van der Waals surface area contributed by atoms with Crippen LogP contribution in [0.4, 0.5) is 18.9 Å². The van der Waals surface area contributed by atoms with Crippen molar-refractivity contribution in [3.63, 3.8) is 0 Å². The van der Waals surface area contributed by atoms with Crippen LogP contribution in [-0.4, -0.2) is 37.0 Å². The van der Waals surface area contributed by atoms with Gasteiger partial charge < -0.3 is 20.1 Å². The van der Waals surface area contributed by atoms with E-state index in [9.17, 15) is 27.6 Å². The van der Waals surface area contributed by atoms with Gasteiger partial charge in [0.2, 0.25) is 0 Å². The van der Waals surface area contributed by atoms with Gasteiger partial charge in [0.05, 0.1) is 17.7 Å². The molecule has 0 radical (unpaired) electrons. The Bertz CT molecular complexity index is 947. The van der Waals surface area contributed by atoms with Crippen molar-refractivity contribution >= 4 is 23.5 Å². The first-order chi connectivity index (χ1) is 14.6. The molecule has 0 aromatic heterocycles. The SMILES string of the molecule is CCOc1ccccc1C(=O)NCC(=O)O[C@@H](C)C(=O)Nc1cccc(C(F)(F)F)c1. The Morgan fingerprint density at radius 3 is 2.45 bits per heavy atom. The summed E-state index contributed by atoms with van der Waals surface area (Å²) in [5.74, 6) is -1.93. The normalized spacial score (nSPS) is 11.9. The van der Waals surface area contributed by atoms with Gasteiger partial charge >= 0.3 is 12.1 Å². The Labute approximate surface area is 176 Å². The molecule has 2 amide bonds. The Balaban J connectivity index is 1.88. The van der Waals surface area contributed by atoms with Crippen molar-refractivity contribution < 1.29 is 37.0 Å². The first-order valence-electron chi connectivity index (χ1n) is 9.29. The van der Waals surface area contributed by atoms with Crippen LogP contribution in [-0.2, 0) is 20.5 Å². The molecule has 2 aromatic rings. The number of nitrogens with one attached hydrogen (secondary N) is 2. The molecular weight excluding hydrogens is 417 g/mol. The van der Waals surface area contributed by atoms with Crippen molar-refractivity contribution in [3.05, 3.63) is 59.7 Å². The van der Waals surface area contributed by atoms with E-state index in [1.165, 1.54) is 19.1 Å². The first-order valence-corrected chi connectivity index (χ1v) is 9.29. The second-order valence-electron chi connectivity index (χ2n) is 6.31. The van der Waals surface area contributed by atoms with E-state index in [-0.39, 0.29) is 11.3 Å². The number of hydrogen-bond acceptors (Lipinski definition) is 5. The van der Waals surface area contributed by atoms with Crippen LogP contribution in [0.1, 0.15) is 29.8 Å². The van der Waals surface area contributed by atoms with E-state index < -0.39 is 42.2 Å². The summed E-state index contributed by atoms with van der Waals surface area (Å²) in [5.41, 5.74) is -0.791. The minimum absolute atomic E-state index is 0.0939. The molecule has 0 aliphatic heterocycles. The zero-order chi connectivity index (χ0) is 23.0. The smallest absolute Gasteiger partial charge is 0.416 e. The van der Waals surface area contributed by atoms with Crippen LogP contribution in [0.2, 0.25) is 0 Å². The molecule has 7 nitrogen and oxygen atoms in total. The molecule has 0 aliphatic carbocycles. The van der Waals surface area contributed by atoms with Crippen molar-refractivity contribution in [3.8, 4) is 5.75 Å². The van der Waals surface area contributed by atoms with E-state index in [2.05, 4.69) is 10.6 Å². The topological polar surface area (TPSA) is 93.7 Å². The average Bonchev–Trinajstić information content (AvgIpc) is 2.72. The molecule has 0 bridgehead atoms. The van der Waals surface area contributed by atoms with Crippen LogP contribution in [0.25, 0.3) is 0 Å². The van der Waals surface area contributed by atoms with E-state index >= 15 is 0 Å². The summed E-state index contributed by atoms with van der Waals surface area (Å²) in [6, 6.07) is 10.5. The van der Waals surface area contributed by atoms with Crippen molar-refractivity contribution in [2.24, 2.45) is 0 Å². The molecule has 0 spiro atoms. The maximum absolute atomic E-state index is 12.8. The maximum atomic E-state index is 12.8. The first kappa shape index (κ1) is 23.7. The second kappa shape index (κ2) is 10.5. The lowest BCUT2D eigenvalue weighted by atomic mass is 10.2. The number of ether oxygens (including phenoxy) is 2. The standard InChI is InChI=1S/C21H21F3N2O5/c1-3-30-17-10-5-4-9-16(17)20(29)25-12-18(27)31-13(2)19(28)26-15-8-6-7-14(11-15)21(22,23)24/h4-11,13H,3,12H2,1-2H3,(H,25,29)(H,26,28)/t13-/m0/s1. The summed E-state index contributed by atoms with van der Waals surface area (Å²) in [6.45, 7) is 2.86. The molecule has 0 fully saturated rings. The van der Waals surface area contributed by atoms with Gasteiger partial charge in [-0.25, -0.2) is 0 Å². The van der Waals surface area contributed by atoms with Crippen LogP contribution < -0.4 is 15.4 Å². The predicted molar refractivity (Wildman–Crippen MR) is 106 cm³/mol. The quantitative estimate of drug-likeness (QED) is 0.617. The lowest BCUT2D eigenvalue weighted by molar-refractivity contribution is -0.152. The fourth-order valence-electron chi connectivity index (χ4n) is 2.49. The van der Waals surface area contributed by atoms with Crippen LogP contribution in [0, 0.1) is 0 Å². The molecule has 0 aliphatic rings. The van der Waals surface area contributed by atoms with Gasteiger partial charge in [0.1, 0.15) is 12.3 Å². The van der Waals surface area contributed by atoms with Gasteiger partial charge in [-0.2, -0.15) is 13.2 Å². The summed E-state index contributed by atoms with van der Waals surface area (Å²) >= 11 is 0. The number of rotatable bonds is 8. The Kier molecular flexibility index (Phi) is 8.00. The zero-order valence-electron chi connectivity index (χ0n) is 16.8. The van der Waals surface area contributed by atoms with Crippen LogP contribution in [0.5, 0.6) is 5.75 Å². The van der Waals surface area contributed by atoms with Crippen molar-refractivity contribution in [1.29, 1.82) is 0 Å². The van der Waals surface area contributed by atoms with E-state index in [0.29, 0.717) is 12.4 Å². The zero-order valence-corrected chi connectivity index (χ0v) is 16.8. The molecule has 10 heteroatoms. The molecule has 1 atom stereocenters. The lowest BCUT2D eigenvalue weighted by Crippen LogP contribution is -2.36. The Morgan fingerprint density at radius 2 is 1.77 bits per heavy atom. The highest BCUT2D eigenvalue weighted by molar-refractivity contribution is 5.99. The summed E-state index contributed by atoms with van der Waals surface area (Å²) in [7, 11) is 0. The number of amides is 2. The number of alkyl halides is 3. The van der Waals surface area contributed by atoms with E-state index in [1.54, 1.807) is 25.1 Å². The molecule has 0 saturated carbocycles. The number of carbonyl (C=O) groups is 3. The van der Waals surface area contributed by atoms with Crippen molar-refractivity contribution in [1.82, 2.24) is 5.32 Å². The van der Waals surface area contributed by atoms with Gasteiger partial charge in [-0.1, -0.05) is 18.2 Å². The molecule has 2 rings (SSSR count). The number of para-hydroxylation sites is 1. The average molecular weight is 438 g/mol. The summed E-state index contributed by atoms with van der Waals surface area (Å²) in [5, 5.41) is 4.62. The van der Waals surface area contributed by atoms with Gasteiger partial charge in [0.25, 0.3) is 11.8 Å². The summed E-state index contributed by atoms with van der Waals surface area (Å²) in [4.78, 5) is 36.3. The molecule has 2 aromatic carbocycles. The highest BCUT2D eigenvalue weighted by atomic mass is 19.4. The monoisotopic (exact) mass is 438 g/mol. The van der Waals surface area contributed by atoms with Gasteiger partial charge in [-0.15, -0.1) is 0 Å². The molecule has 0 saturated heterocycles. The molecule has 0 heterocycles. The number of carbonyl (C=O) groups excluding carboxylic acids is 3. The lowest BCUT2D eigenvalue weighted by Gasteiger charge is -2.15. The highest BCUT2D eigenvalue weighted by Crippen LogP contribution is 2.30. The van der Waals surface area contributed by atoms with E-state index in [4.69, 9.17) is 9.47 Å². The molecule has 0 unspecified atom stereocenters. The minimum Gasteiger partial charge on any atom is -0.493 e. The second-order valence-corrected chi connectivity index (χ2v) is 6.31. The minimum atomic E-state index is -4.56. The molecule has 166 valence electrons. The van der Waals surface area contributed by atoms with Gasteiger partial charge in [-0.05, 0) is 44.2 Å². The number of anilines is 1. The largest absolute Gasteiger partial charge is 0.493 e. The van der Waals surface area contributed by atoms with Gasteiger partial charge in [0, 0.05) is 5.69 Å². The Morgan fingerprint density at radius 1 is 1.06 bits per heavy atom. The van der Waals surface area contributed by atoms with Crippen molar-refractivity contribution in [2.75, 3.05) is 18.5 Å². The molecule has 2 N–H and O–H groups in total.